The lowest BCUT2D eigenvalue weighted by Crippen LogP contribution is -1.93. The second-order valence-corrected chi connectivity index (χ2v) is 6.72. The van der Waals surface area contributed by atoms with Gasteiger partial charge in [0.1, 0.15) is 10.8 Å². The number of hydrogen-bond donors (Lipinski definition) is 0. The summed E-state index contributed by atoms with van der Waals surface area (Å²) in [5.41, 5.74) is 2.11. The number of ether oxygens (including phenoxy) is 1. The predicted octanol–water partition coefficient (Wildman–Crippen LogP) is 4.11. The van der Waals surface area contributed by atoms with E-state index in [4.69, 9.17) is 16.3 Å². The van der Waals surface area contributed by atoms with E-state index < -0.39 is 0 Å². The van der Waals surface area contributed by atoms with Crippen LogP contribution in [0, 0.1) is 0 Å². The third kappa shape index (κ3) is 2.86. The van der Waals surface area contributed by atoms with Gasteiger partial charge < -0.3 is 4.74 Å². The molecule has 0 aliphatic rings. The quantitative estimate of drug-likeness (QED) is 0.552. The summed E-state index contributed by atoms with van der Waals surface area (Å²) >= 11 is 7.48. The van der Waals surface area contributed by atoms with Crippen molar-refractivity contribution in [3.8, 4) is 17.1 Å². The minimum Gasteiger partial charge on any atom is -0.497 e. The summed E-state index contributed by atoms with van der Waals surface area (Å²) in [5, 5.41) is 14.8. The first-order valence-corrected chi connectivity index (χ1v) is 8.52. The van der Waals surface area contributed by atoms with Crippen LogP contribution in [0.3, 0.4) is 0 Å². The molecule has 0 radical (unpaired) electrons. The molecule has 24 heavy (non-hydrogen) atoms. The first-order valence-electron chi connectivity index (χ1n) is 7.33. The number of rotatable bonds is 4. The number of benzene rings is 2. The van der Waals surface area contributed by atoms with E-state index in [1.54, 1.807) is 23.0 Å². The van der Waals surface area contributed by atoms with Crippen LogP contribution in [0.1, 0.15) is 10.6 Å². The molecule has 0 aliphatic carbocycles. The van der Waals surface area contributed by atoms with Gasteiger partial charge in [-0.1, -0.05) is 35.1 Å². The lowest BCUT2D eigenvalue weighted by molar-refractivity contribution is 0.414. The third-order valence-corrected chi connectivity index (χ3v) is 4.80. The van der Waals surface area contributed by atoms with Crippen molar-refractivity contribution in [3.63, 3.8) is 0 Å². The van der Waals surface area contributed by atoms with Crippen molar-refractivity contribution >= 4 is 27.9 Å². The fourth-order valence-electron chi connectivity index (χ4n) is 2.42. The third-order valence-electron chi connectivity index (χ3n) is 3.65. The highest BCUT2D eigenvalue weighted by Crippen LogP contribution is 2.24. The molecule has 0 saturated heterocycles. The van der Waals surface area contributed by atoms with Crippen LogP contribution in [0.15, 0.2) is 48.5 Å². The fraction of sp³-hybridized carbons (Fsp3) is 0.118. The van der Waals surface area contributed by atoms with E-state index in [9.17, 15) is 0 Å². The van der Waals surface area contributed by atoms with Crippen molar-refractivity contribution in [3.05, 3.63) is 64.1 Å². The minimum atomic E-state index is 0.693. The Morgan fingerprint density at radius 2 is 1.79 bits per heavy atom. The normalized spacial score (nSPS) is 11.1. The fourth-order valence-corrected chi connectivity index (χ4v) is 3.42. The van der Waals surface area contributed by atoms with Gasteiger partial charge in [-0.15, -0.1) is 10.2 Å². The van der Waals surface area contributed by atoms with Crippen molar-refractivity contribution in [2.75, 3.05) is 7.11 Å². The maximum Gasteiger partial charge on any atom is 0.234 e. The molecule has 0 aliphatic heterocycles. The Morgan fingerprint density at radius 1 is 1.04 bits per heavy atom. The van der Waals surface area contributed by atoms with Gasteiger partial charge in [-0.25, -0.2) is 0 Å². The molecule has 0 saturated carbocycles. The Kier molecular flexibility index (Phi) is 3.92. The Hall–Kier alpha value is -2.44. The Labute approximate surface area is 147 Å². The molecule has 0 unspecified atom stereocenters. The molecule has 2 heterocycles. The highest BCUT2D eigenvalue weighted by molar-refractivity contribution is 7.16. The van der Waals surface area contributed by atoms with Crippen LogP contribution in [-0.4, -0.2) is 26.9 Å². The highest BCUT2D eigenvalue weighted by Gasteiger charge is 2.13. The highest BCUT2D eigenvalue weighted by atomic mass is 35.5. The molecule has 4 aromatic rings. The Balaban J connectivity index is 1.64. The van der Waals surface area contributed by atoms with E-state index in [-0.39, 0.29) is 0 Å². The van der Waals surface area contributed by atoms with E-state index in [1.807, 2.05) is 48.5 Å². The standard InChI is InChI=1S/C17H13ClN4OS/c1-23-14-8-2-11(3-9-14)10-15-21-22-16(19-20-17(22)24-15)12-4-6-13(18)7-5-12/h2-9H,10H2,1H3. The number of aromatic nitrogens is 4. The lowest BCUT2D eigenvalue weighted by Gasteiger charge is -2.01. The molecule has 5 nitrogen and oxygen atoms in total. The molecule has 0 bridgehead atoms. The van der Waals surface area contributed by atoms with Crippen molar-refractivity contribution in [2.24, 2.45) is 0 Å². The van der Waals surface area contributed by atoms with Crippen LogP contribution in [-0.2, 0) is 6.42 Å². The van der Waals surface area contributed by atoms with Gasteiger partial charge in [-0.2, -0.15) is 9.61 Å². The van der Waals surface area contributed by atoms with Crippen LogP contribution in [0.2, 0.25) is 5.02 Å². The van der Waals surface area contributed by atoms with Gasteiger partial charge >= 0.3 is 0 Å². The average molecular weight is 357 g/mol. The minimum absolute atomic E-state index is 0.693. The Bertz CT molecular complexity index is 976. The van der Waals surface area contributed by atoms with Crippen molar-refractivity contribution in [2.45, 2.75) is 6.42 Å². The first kappa shape index (κ1) is 15.1. The molecule has 2 aromatic heterocycles. The first-order chi connectivity index (χ1) is 11.7. The summed E-state index contributed by atoms with van der Waals surface area (Å²) in [6.45, 7) is 0. The summed E-state index contributed by atoms with van der Waals surface area (Å²) < 4.78 is 6.97. The molecule has 2 aromatic carbocycles. The molecule has 0 amide bonds. The summed E-state index contributed by atoms with van der Waals surface area (Å²) in [4.78, 5) is 0.781. The van der Waals surface area contributed by atoms with E-state index in [2.05, 4.69) is 15.3 Å². The molecular weight excluding hydrogens is 344 g/mol. The van der Waals surface area contributed by atoms with Crippen LogP contribution in [0.5, 0.6) is 5.75 Å². The number of fused-ring (bicyclic) bond motifs is 1. The number of halogens is 1. The second kappa shape index (κ2) is 6.22. The monoisotopic (exact) mass is 356 g/mol. The average Bonchev–Trinajstić information content (AvgIpc) is 3.16. The predicted molar refractivity (Wildman–Crippen MR) is 94.9 cm³/mol. The molecule has 7 heteroatoms. The molecule has 0 spiro atoms. The van der Waals surface area contributed by atoms with Crippen LogP contribution in [0.25, 0.3) is 16.3 Å². The molecule has 4 rings (SSSR count). The van der Waals surface area contributed by atoms with Crippen LogP contribution in [0.4, 0.5) is 0 Å². The largest absolute Gasteiger partial charge is 0.497 e. The maximum absolute atomic E-state index is 5.94. The van der Waals surface area contributed by atoms with Gasteiger partial charge in [0, 0.05) is 17.0 Å². The zero-order valence-electron chi connectivity index (χ0n) is 12.8. The van der Waals surface area contributed by atoms with Gasteiger partial charge in [-0.05, 0) is 42.0 Å². The van der Waals surface area contributed by atoms with Crippen LogP contribution >= 0.6 is 22.9 Å². The molecule has 120 valence electrons. The van der Waals surface area contributed by atoms with Gasteiger partial charge in [-0.3, -0.25) is 0 Å². The number of nitrogens with zero attached hydrogens (tertiary/aromatic N) is 4. The second-order valence-electron chi connectivity index (χ2n) is 5.25. The molecular formula is C17H13ClN4OS. The van der Waals surface area contributed by atoms with Gasteiger partial charge in [0.05, 0.1) is 7.11 Å². The summed E-state index contributed by atoms with van der Waals surface area (Å²) in [5.74, 6) is 1.57. The lowest BCUT2D eigenvalue weighted by atomic mass is 10.1. The van der Waals surface area contributed by atoms with Crippen LogP contribution < -0.4 is 4.74 Å². The van der Waals surface area contributed by atoms with Crippen molar-refractivity contribution in [1.29, 1.82) is 0 Å². The zero-order chi connectivity index (χ0) is 16.5. The maximum atomic E-state index is 5.94. The van der Waals surface area contributed by atoms with Gasteiger partial charge in [0.2, 0.25) is 4.96 Å². The smallest absolute Gasteiger partial charge is 0.234 e. The molecule has 0 N–H and O–H groups in total. The van der Waals surface area contributed by atoms with E-state index in [1.165, 1.54) is 5.56 Å². The van der Waals surface area contributed by atoms with E-state index in [0.29, 0.717) is 5.02 Å². The summed E-state index contributed by atoms with van der Waals surface area (Å²) in [7, 11) is 1.66. The van der Waals surface area contributed by atoms with Gasteiger partial charge in [0.25, 0.3) is 0 Å². The van der Waals surface area contributed by atoms with Crippen molar-refractivity contribution in [1.82, 2.24) is 19.8 Å². The summed E-state index contributed by atoms with van der Waals surface area (Å²) in [6.07, 6.45) is 0.748. The van der Waals surface area contributed by atoms with E-state index in [0.717, 1.165) is 33.5 Å². The number of hydrogen-bond acceptors (Lipinski definition) is 5. The van der Waals surface area contributed by atoms with Crippen molar-refractivity contribution < 1.29 is 4.74 Å². The zero-order valence-corrected chi connectivity index (χ0v) is 14.4. The SMILES string of the molecule is COc1ccc(Cc2nn3c(-c4ccc(Cl)cc4)nnc3s2)cc1. The Morgan fingerprint density at radius 3 is 2.50 bits per heavy atom. The van der Waals surface area contributed by atoms with Gasteiger partial charge in [0.15, 0.2) is 5.82 Å². The number of methoxy groups -OCH3 is 1. The topological polar surface area (TPSA) is 52.3 Å². The molecule has 0 atom stereocenters. The summed E-state index contributed by atoms with van der Waals surface area (Å²) in [6, 6.07) is 15.5. The molecule has 0 fully saturated rings. The van der Waals surface area contributed by atoms with E-state index >= 15 is 0 Å².